The summed E-state index contributed by atoms with van der Waals surface area (Å²) in [4.78, 5) is 21.4. The number of carbonyl (C=O) groups is 1. The largest absolute Gasteiger partial charge is 0.493 e. The lowest BCUT2D eigenvalue weighted by Gasteiger charge is -2.13. The van der Waals surface area contributed by atoms with Gasteiger partial charge >= 0.3 is 0 Å². The van der Waals surface area contributed by atoms with Crippen molar-refractivity contribution in [3.8, 4) is 23.0 Å². The molecule has 0 saturated carbocycles. The number of hydrogen-bond donors (Lipinski definition) is 1. The average Bonchev–Trinajstić information content (AvgIpc) is 2.88. The molecular formula is C27H20ClN3O4. The highest BCUT2D eigenvalue weighted by Gasteiger charge is 2.14. The van der Waals surface area contributed by atoms with Crippen molar-refractivity contribution in [2.45, 2.75) is 0 Å². The van der Waals surface area contributed by atoms with Gasteiger partial charge < -0.3 is 19.5 Å². The summed E-state index contributed by atoms with van der Waals surface area (Å²) < 4.78 is 17.0. The monoisotopic (exact) mass is 485 g/mol. The lowest BCUT2D eigenvalue weighted by atomic mass is 10.0. The lowest BCUT2D eigenvalue weighted by molar-refractivity contribution is 0.102. The molecule has 0 radical (unpaired) electrons. The van der Waals surface area contributed by atoms with Gasteiger partial charge in [-0.25, -0.2) is 4.98 Å². The summed E-state index contributed by atoms with van der Waals surface area (Å²) in [5, 5.41) is 5.74. The third kappa shape index (κ3) is 4.54. The van der Waals surface area contributed by atoms with Crippen LogP contribution in [0.4, 0.5) is 5.82 Å². The molecule has 1 N–H and O–H groups in total. The van der Waals surface area contributed by atoms with Crippen molar-refractivity contribution in [3.05, 3.63) is 89.7 Å². The molecule has 1 amide bonds. The first-order valence-corrected chi connectivity index (χ1v) is 11.1. The minimum absolute atomic E-state index is 0.264. The van der Waals surface area contributed by atoms with Crippen molar-refractivity contribution in [1.29, 1.82) is 0 Å². The van der Waals surface area contributed by atoms with E-state index in [4.69, 9.17) is 25.8 Å². The Morgan fingerprint density at radius 3 is 2.46 bits per heavy atom. The Kier molecular flexibility index (Phi) is 6.08. The fraction of sp³-hybridized carbons (Fsp3) is 0.0741. The Labute approximate surface area is 206 Å². The summed E-state index contributed by atoms with van der Waals surface area (Å²) in [5.41, 5.74) is 1.24. The van der Waals surface area contributed by atoms with E-state index in [1.54, 1.807) is 44.7 Å². The second-order valence-electron chi connectivity index (χ2n) is 7.64. The van der Waals surface area contributed by atoms with Crippen molar-refractivity contribution in [3.63, 3.8) is 0 Å². The van der Waals surface area contributed by atoms with E-state index in [-0.39, 0.29) is 5.91 Å². The standard InChI is InChI=1S/C27H20ClN3O4/c1-33-24-13-21-22(14-25(24)34-2)29-11-10-23(21)35-18-7-8-19-16(12-18)4-3-5-20(19)27(32)31-26-9-6-17(28)15-30-26/h3-15H,1-2H3,(H,30,31,32). The van der Waals surface area contributed by atoms with Gasteiger partial charge in [-0.15, -0.1) is 0 Å². The molecule has 0 aliphatic rings. The molecule has 2 aromatic heterocycles. The van der Waals surface area contributed by atoms with Gasteiger partial charge in [0.2, 0.25) is 0 Å². The molecule has 0 spiro atoms. The molecule has 0 saturated heterocycles. The number of benzene rings is 3. The SMILES string of the molecule is COc1cc2nccc(Oc3ccc4c(C(=O)Nc5ccc(Cl)cn5)cccc4c3)c2cc1OC. The second kappa shape index (κ2) is 9.48. The zero-order chi connectivity index (χ0) is 24.4. The van der Waals surface area contributed by atoms with Gasteiger partial charge in [0.25, 0.3) is 5.91 Å². The number of rotatable bonds is 6. The highest BCUT2D eigenvalue weighted by atomic mass is 35.5. The van der Waals surface area contributed by atoms with Crippen molar-refractivity contribution in [2.75, 3.05) is 19.5 Å². The van der Waals surface area contributed by atoms with Gasteiger partial charge in [0, 0.05) is 29.4 Å². The van der Waals surface area contributed by atoms with Crippen LogP contribution in [-0.4, -0.2) is 30.1 Å². The number of halogens is 1. The number of hydrogen-bond acceptors (Lipinski definition) is 6. The third-order valence-electron chi connectivity index (χ3n) is 5.50. The second-order valence-corrected chi connectivity index (χ2v) is 8.08. The summed E-state index contributed by atoms with van der Waals surface area (Å²) >= 11 is 5.87. The van der Waals surface area contributed by atoms with Crippen LogP contribution in [0.3, 0.4) is 0 Å². The number of anilines is 1. The molecule has 3 aromatic carbocycles. The van der Waals surface area contributed by atoms with Crippen LogP contribution in [0.5, 0.6) is 23.0 Å². The molecule has 8 heteroatoms. The van der Waals surface area contributed by atoms with Crippen LogP contribution in [0.2, 0.25) is 5.02 Å². The number of nitrogens with zero attached hydrogens (tertiary/aromatic N) is 2. The van der Waals surface area contributed by atoms with Crippen LogP contribution in [0, 0.1) is 0 Å². The molecule has 7 nitrogen and oxygen atoms in total. The van der Waals surface area contributed by atoms with E-state index in [0.717, 1.165) is 21.7 Å². The van der Waals surface area contributed by atoms with Crippen LogP contribution in [0.25, 0.3) is 21.7 Å². The number of nitrogens with one attached hydrogen (secondary N) is 1. The minimum atomic E-state index is -0.264. The highest BCUT2D eigenvalue weighted by molar-refractivity contribution is 6.30. The predicted octanol–water partition coefficient (Wildman–Crippen LogP) is 6.50. The Balaban J connectivity index is 1.46. The number of aromatic nitrogens is 2. The summed E-state index contributed by atoms with van der Waals surface area (Å²) in [6.45, 7) is 0. The Morgan fingerprint density at radius 1 is 0.857 bits per heavy atom. The Morgan fingerprint density at radius 2 is 1.69 bits per heavy atom. The number of carbonyl (C=O) groups excluding carboxylic acids is 1. The molecule has 0 atom stereocenters. The topological polar surface area (TPSA) is 82.6 Å². The zero-order valence-electron chi connectivity index (χ0n) is 18.9. The Hall–Kier alpha value is -4.36. The van der Waals surface area contributed by atoms with Crippen molar-refractivity contribution < 1.29 is 19.0 Å². The van der Waals surface area contributed by atoms with E-state index in [1.807, 2.05) is 42.5 Å². The third-order valence-corrected chi connectivity index (χ3v) is 5.72. The van der Waals surface area contributed by atoms with E-state index in [2.05, 4.69) is 15.3 Å². The van der Waals surface area contributed by atoms with Crippen LogP contribution < -0.4 is 19.5 Å². The zero-order valence-corrected chi connectivity index (χ0v) is 19.7. The fourth-order valence-corrected chi connectivity index (χ4v) is 3.93. The van der Waals surface area contributed by atoms with E-state index >= 15 is 0 Å². The Bertz CT molecular complexity index is 1550. The smallest absolute Gasteiger partial charge is 0.257 e. The molecule has 0 unspecified atom stereocenters. The summed E-state index contributed by atoms with van der Waals surface area (Å²) in [5.74, 6) is 2.58. The molecular weight excluding hydrogens is 466 g/mol. The molecule has 0 fully saturated rings. The van der Waals surface area contributed by atoms with Gasteiger partial charge in [0.1, 0.15) is 17.3 Å². The van der Waals surface area contributed by atoms with Gasteiger partial charge in [-0.05, 0) is 59.3 Å². The predicted molar refractivity (Wildman–Crippen MR) is 136 cm³/mol. The van der Waals surface area contributed by atoms with Crippen molar-refractivity contribution in [1.82, 2.24) is 9.97 Å². The average molecular weight is 486 g/mol. The minimum Gasteiger partial charge on any atom is -0.493 e. The summed E-state index contributed by atoms with van der Waals surface area (Å²) in [7, 11) is 3.17. The number of fused-ring (bicyclic) bond motifs is 2. The van der Waals surface area contributed by atoms with Crippen molar-refractivity contribution >= 4 is 45.0 Å². The first-order valence-electron chi connectivity index (χ1n) is 10.7. The molecule has 5 rings (SSSR count). The van der Waals surface area contributed by atoms with Crippen LogP contribution in [0.1, 0.15) is 10.4 Å². The molecule has 174 valence electrons. The first-order chi connectivity index (χ1) is 17.1. The molecule has 5 aromatic rings. The normalized spacial score (nSPS) is 10.8. The van der Waals surface area contributed by atoms with Gasteiger partial charge in [0.15, 0.2) is 11.5 Å². The van der Waals surface area contributed by atoms with E-state index in [0.29, 0.717) is 39.4 Å². The van der Waals surface area contributed by atoms with Gasteiger partial charge in [0.05, 0.1) is 24.8 Å². The first kappa shape index (κ1) is 22.4. The van der Waals surface area contributed by atoms with Crippen molar-refractivity contribution in [2.24, 2.45) is 0 Å². The summed E-state index contributed by atoms with van der Waals surface area (Å²) in [6.07, 6.45) is 3.16. The maximum Gasteiger partial charge on any atom is 0.257 e. The van der Waals surface area contributed by atoms with E-state index in [1.165, 1.54) is 6.20 Å². The fourth-order valence-electron chi connectivity index (χ4n) is 3.82. The summed E-state index contributed by atoms with van der Waals surface area (Å²) in [6, 6.07) is 19.9. The maximum atomic E-state index is 12.9. The molecule has 0 aliphatic heterocycles. The molecule has 35 heavy (non-hydrogen) atoms. The quantitative estimate of drug-likeness (QED) is 0.295. The van der Waals surface area contributed by atoms with E-state index in [9.17, 15) is 4.79 Å². The van der Waals surface area contributed by atoms with Gasteiger partial charge in [-0.3, -0.25) is 9.78 Å². The highest BCUT2D eigenvalue weighted by Crippen LogP contribution is 2.37. The number of ether oxygens (including phenoxy) is 3. The van der Waals surface area contributed by atoms with Gasteiger partial charge in [-0.2, -0.15) is 0 Å². The van der Waals surface area contributed by atoms with Crippen LogP contribution >= 0.6 is 11.6 Å². The van der Waals surface area contributed by atoms with Gasteiger partial charge in [-0.1, -0.05) is 23.7 Å². The molecule has 0 aliphatic carbocycles. The maximum absolute atomic E-state index is 12.9. The van der Waals surface area contributed by atoms with Crippen LogP contribution in [0.15, 0.2) is 79.1 Å². The molecule has 0 bridgehead atoms. The lowest BCUT2D eigenvalue weighted by Crippen LogP contribution is -2.13. The number of pyridine rings is 2. The molecule has 2 heterocycles. The van der Waals surface area contributed by atoms with Crippen LogP contribution in [-0.2, 0) is 0 Å². The number of amides is 1. The van der Waals surface area contributed by atoms with E-state index < -0.39 is 0 Å². The number of methoxy groups -OCH3 is 2.